The second kappa shape index (κ2) is 6.95. The summed E-state index contributed by atoms with van der Waals surface area (Å²) < 4.78 is 23.0. The number of hydrogen-bond acceptors (Lipinski definition) is 3. The van der Waals surface area contributed by atoms with Crippen molar-refractivity contribution in [2.75, 3.05) is 13.2 Å². The van der Waals surface area contributed by atoms with E-state index in [4.69, 9.17) is 4.74 Å². The molecule has 0 aliphatic heterocycles. The molecule has 0 fully saturated rings. The fourth-order valence-corrected chi connectivity index (χ4v) is 1.18. The van der Waals surface area contributed by atoms with Crippen LogP contribution < -0.4 is 0 Å². The lowest BCUT2D eigenvalue weighted by molar-refractivity contribution is -0.146. The molecule has 1 unspecified atom stereocenters. The van der Waals surface area contributed by atoms with Gasteiger partial charge in [0.2, 0.25) is 6.36 Å². The van der Waals surface area contributed by atoms with Gasteiger partial charge >= 0.3 is 5.97 Å². The van der Waals surface area contributed by atoms with Crippen LogP contribution in [0.1, 0.15) is 25.3 Å². The molecule has 1 rings (SSSR count). The highest BCUT2D eigenvalue weighted by molar-refractivity contribution is 5.69. The molecule has 0 spiro atoms. The lowest BCUT2D eigenvalue weighted by atomic mass is 10.2. The Hall–Kier alpha value is -1.42. The lowest BCUT2D eigenvalue weighted by Gasteiger charge is -2.09. The summed E-state index contributed by atoms with van der Waals surface area (Å²) in [5.41, 5.74) is 0.450. The van der Waals surface area contributed by atoms with E-state index in [1.807, 2.05) is 0 Å². The van der Waals surface area contributed by atoms with Crippen molar-refractivity contribution < 1.29 is 18.7 Å². The van der Waals surface area contributed by atoms with E-state index in [1.54, 1.807) is 37.3 Å². The standard InChI is InChI=1S/C12H15FO3/c1-2-15-11(14)8-9-16-12(13)10-6-4-3-5-7-10/h3-7,12H,2,8-9H2,1H3. The first-order valence-corrected chi connectivity index (χ1v) is 5.20. The SMILES string of the molecule is CCOC(=O)CCOC(F)c1ccccc1. The molecule has 4 heteroatoms. The zero-order valence-corrected chi connectivity index (χ0v) is 9.19. The highest BCUT2D eigenvalue weighted by Crippen LogP contribution is 2.18. The molecule has 0 radical (unpaired) electrons. The number of benzene rings is 1. The monoisotopic (exact) mass is 226 g/mol. The van der Waals surface area contributed by atoms with Gasteiger partial charge in [-0.25, -0.2) is 4.39 Å². The molecule has 0 N–H and O–H groups in total. The van der Waals surface area contributed by atoms with E-state index in [-0.39, 0.29) is 19.0 Å². The molecule has 88 valence electrons. The van der Waals surface area contributed by atoms with E-state index in [0.717, 1.165) is 0 Å². The van der Waals surface area contributed by atoms with Gasteiger partial charge in [-0.2, -0.15) is 0 Å². The minimum Gasteiger partial charge on any atom is -0.466 e. The topological polar surface area (TPSA) is 35.5 Å². The van der Waals surface area contributed by atoms with Gasteiger partial charge < -0.3 is 9.47 Å². The number of ether oxygens (including phenoxy) is 2. The average Bonchev–Trinajstić information content (AvgIpc) is 2.30. The minimum atomic E-state index is -1.49. The number of carbonyl (C=O) groups is 1. The quantitative estimate of drug-likeness (QED) is 0.699. The molecular formula is C12H15FO3. The van der Waals surface area contributed by atoms with Crippen molar-refractivity contribution in [2.45, 2.75) is 19.7 Å². The van der Waals surface area contributed by atoms with Crippen LogP contribution in [0.25, 0.3) is 0 Å². The molecule has 0 bridgehead atoms. The maximum atomic E-state index is 13.4. The third kappa shape index (κ3) is 4.40. The molecule has 1 aromatic carbocycles. The molecule has 3 nitrogen and oxygen atoms in total. The number of halogens is 1. The molecule has 0 heterocycles. The van der Waals surface area contributed by atoms with Gasteiger partial charge in [0.1, 0.15) is 0 Å². The number of esters is 1. The van der Waals surface area contributed by atoms with Crippen LogP contribution in [0.3, 0.4) is 0 Å². The van der Waals surface area contributed by atoms with Crippen molar-refractivity contribution in [3.8, 4) is 0 Å². The van der Waals surface area contributed by atoms with Gasteiger partial charge in [-0.05, 0) is 6.92 Å². The van der Waals surface area contributed by atoms with E-state index >= 15 is 0 Å². The zero-order valence-electron chi connectivity index (χ0n) is 9.19. The van der Waals surface area contributed by atoms with E-state index in [2.05, 4.69) is 4.74 Å². The number of alkyl halides is 1. The van der Waals surface area contributed by atoms with Crippen LogP contribution in [0.5, 0.6) is 0 Å². The number of hydrogen-bond donors (Lipinski definition) is 0. The Kier molecular flexibility index (Phi) is 5.50. The van der Waals surface area contributed by atoms with Crippen molar-refractivity contribution in [1.82, 2.24) is 0 Å². The molecule has 0 aliphatic rings. The van der Waals surface area contributed by atoms with Gasteiger partial charge in [0.05, 0.1) is 19.6 Å². The van der Waals surface area contributed by atoms with Crippen LogP contribution in [0.2, 0.25) is 0 Å². The molecule has 16 heavy (non-hydrogen) atoms. The Bertz CT molecular complexity index is 313. The molecule has 0 aliphatic carbocycles. The zero-order chi connectivity index (χ0) is 11.8. The first-order chi connectivity index (χ1) is 7.74. The van der Waals surface area contributed by atoms with Crippen LogP contribution in [-0.4, -0.2) is 19.2 Å². The van der Waals surface area contributed by atoms with Gasteiger partial charge in [-0.1, -0.05) is 30.3 Å². The molecule has 1 atom stereocenters. The Balaban J connectivity index is 2.26. The van der Waals surface area contributed by atoms with Crippen LogP contribution in [0.15, 0.2) is 30.3 Å². The molecule has 0 aromatic heterocycles. The average molecular weight is 226 g/mol. The third-order valence-electron chi connectivity index (χ3n) is 1.94. The number of rotatable bonds is 6. The summed E-state index contributed by atoms with van der Waals surface area (Å²) in [5.74, 6) is -0.372. The Morgan fingerprint density at radius 2 is 2.06 bits per heavy atom. The second-order valence-corrected chi connectivity index (χ2v) is 3.15. The lowest BCUT2D eigenvalue weighted by Crippen LogP contribution is -2.09. The summed E-state index contributed by atoms with van der Waals surface area (Å²) in [6, 6.07) is 8.53. The third-order valence-corrected chi connectivity index (χ3v) is 1.94. The smallest absolute Gasteiger partial charge is 0.308 e. The molecule has 0 saturated heterocycles. The van der Waals surface area contributed by atoms with Crippen LogP contribution in [0, 0.1) is 0 Å². The fraction of sp³-hybridized carbons (Fsp3) is 0.417. The van der Waals surface area contributed by atoms with Gasteiger partial charge in [0, 0.05) is 5.56 Å². The maximum absolute atomic E-state index is 13.4. The van der Waals surface area contributed by atoms with Crippen LogP contribution >= 0.6 is 0 Å². The predicted octanol–water partition coefficient (Wildman–Crippen LogP) is 2.62. The molecule has 0 amide bonds. The van der Waals surface area contributed by atoms with E-state index in [9.17, 15) is 9.18 Å². The summed E-state index contributed by atoms with van der Waals surface area (Å²) in [4.78, 5) is 10.9. The van der Waals surface area contributed by atoms with Gasteiger partial charge in [0.25, 0.3) is 0 Å². The largest absolute Gasteiger partial charge is 0.466 e. The van der Waals surface area contributed by atoms with Crippen LogP contribution in [-0.2, 0) is 14.3 Å². The Labute approximate surface area is 94.2 Å². The van der Waals surface area contributed by atoms with Gasteiger partial charge in [-0.15, -0.1) is 0 Å². The summed E-state index contributed by atoms with van der Waals surface area (Å²) in [5, 5.41) is 0. The number of carbonyl (C=O) groups excluding carboxylic acids is 1. The summed E-state index contributed by atoms with van der Waals surface area (Å²) in [7, 11) is 0. The van der Waals surface area contributed by atoms with Gasteiger partial charge in [0.15, 0.2) is 0 Å². The first kappa shape index (κ1) is 12.6. The van der Waals surface area contributed by atoms with E-state index in [0.29, 0.717) is 12.2 Å². The summed E-state index contributed by atoms with van der Waals surface area (Å²) in [6.07, 6.45) is -1.42. The highest BCUT2D eigenvalue weighted by atomic mass is 19.1. The summed E-state index contributed by atoms with van der Waals surface area (Å²) >= 11 is 0. The molecule has 0 saturated carbocycles. The maximum Gasteiger partial charge on any atom is 0.308 e. The van der Waals surface area contributed by atoms with Crippen molar-refractivity contribution in [2.24, 2.45) is 0 Å². The van der Waals surface area contributed by atoms with Crippen molar-refractivity contribution in [3.63, 3.8) is 0 Å². The first-order valence-electron chi connectivity index (χ1n) is 5.20. The highest BCUT2D eigenvalue weighted by Gasteiger charge is 2.10. The predicted molar refractivity (Wildman–Crippen MR) is 57.5 cm³/mol. The normalized spacial score (nSPS) is 12.1. The Morgan fingerprint density at radius 1 is 1.38 bits per heavy atom. The van der Waals surface area contributed by atoms with Crippen molar-refractivity contribution in [1.29, 1.82) is 0 Å². The Morgan fingerprint density at radius 3 is 2.69 bits per heavy atom. The van der Waals surface area contributed by atoms with Gasteiger partial charge in [-0.3, -0.25) is 4.79 Å². The fourth-order valence-electron chi connectivity index (χ4n) is 1.18. The second-order valence-electron chi connectivity index (χ2n) is 3.15. The van der Waals surface area contributed by atoms with E-state index in [1.165, 1.54) is 0 Å². The minimum absolute atomic E-state index is 0.0227. The van der Waals surface area contributed by atoms with Crippen molar-refractivity contribution in [3.05, 3.63) is 35.9 Å². The molecule has 1 aromatic rings. The summed E-state index contributed by atoms with van der Waals surface area (Å²) in [6.45, 7) is 2.08. The van der Waals surface area contributed by atoms with Crippen LogP contribution in [0.4, 0.5) is 4.39 Å². The molecular weight excluding hydrogens is 211 g/mol. The van der Waals surface area contributed by atoms with Crippen molar-refractivity contribution >= 4 is 5.97 Å². The van der Waals surface area contributed by atoms with E-state index < -0.39 is 6.36 Å².